The molecule has 0 aliphatic heterocycles. The van der Waals surface area contributed by atoms with Gasteiger partial charge in [0.1, 0.15) is 4.21 Å². The number of benzene rings is 1. The van der Waals surface area contributed by atoms with Gasteiger partial charge in [0.15, 0.2) is 0 Å². The van der Waals surface area contributed by atoms with Gasteiger partial charge in [0, 0.05) is 27.5 Å². The molecule has 2 aromatic heterocycles. The molecular weight excluding hydrogens is 402 g/mol. The van der Waals surface area contributed by atoms with Gasteiger partial charge in [-0.15, -0.1) is 11.3 Å². The number of hydrogen-bond donors (Lipinski definition) is 1. The Morgan fingerprint density at radius 3 is 2.87 bits per heavy atom. The second-order valence-corrected chi connectivity index (χ2v) is 8.37. The predicted molar refractivity (Wildman–Crippen MR) is 91.9 cm³/mol. The van der Waals surface area contributed by atoms with Crippen LogP contribution in [0.25, 0.3) is 11.4 Å². The van der Waals surface area contributed by atoms with Gasteiger partial charge in [0.25, 0.3) is 10.0 Å². The highest BCUT2D eigenvalue weighted by Gasteiger charge is 2.19. The summed E-state index contributed by atoms with van der Waals surface area (Å²) in [5, 5.41) is 5.54. The van der Waals surface area contributed by atoms with Gasteiger partial charge >= 0.3 is 0 Å². The molecule has 0 radical (unpaired) electrons. The van der Waals surface area contributed by atoms with Crippen LogP contribution in [0.1, 0.15) is 12.8 Å². The third kappa shape index (κ3) is 3.62. The monoisotopic (exact) mass is 413 g/mol. The summed E-state index contributed by atoms with van der Waals surface area (Å²) >= 11 is 4.42. The summed E-state index contributed by atoms with van der Waals surface area (Å²) in [5.41, 5.74) is 1.11. The molecule has 0 unspecified atom stereocenters. The average molecular weight is 414 g/mol. The fourth-order valence-electron chi connectivity index (χ4n) is 1.85. The maximum absolute atomic E-state index is 12.4. The summed E-state index contributed by atoms with van der Waals surface area (Å²) in [5.74, 6) is 0.907. The van der Waals surface area contributed by atoms with Crippen LogP contribution in [0.4, 0.5) is 5.69 Å². The Hall–Kier alpha value is -1.71. The number of rotatable bonds is 5. The molecule has 0 amide bonds. The molecule has 1 aromatic carbocycles. The summed E-state index contributed by atoms with van der Waals surface area (Å²) in [7, 11) is -3.65. The zero-order valence-corrected chi connectivity index (χ0v) is 15.2. The number of halogens is 1. The number of aromatic nitrogens is 2. The third-order valence-electron chi connectivity index (χ3n) is 2.95. The lowest BCUT2D eigenvalue weighted by atomic mass is 10.3. The lowest BCUT2D eigenvalue weighted by molar-refractivity contribution is 0.383. The highest BCUT2D eigenvalue weighted by molar-refractivity contribution is 9.10. The summed E-state index contributed by atoms with van der Waals surface area (Å²) in [6.45, 7) is 1.91. The van der Waals surface area contributed by atoms with Crippen molar-refractivity contribution in [1.82, 2.24) is 10.1 Å². The Labute approximate surface area is 145 Å². The maximum atomic E-state index is 12.4. The van der Waals surface area contributed by atoms with Crippen LogP contribution >= 0.6 is 27.3 Å². The summed E-state index contributed by atoms with van der Waals surface area (Å²) in [4.78, 5) is 4.20. The van der Waals surface area contributed by atoms with Crippen LogP contribution in [-0.4, -0.2) is 18.6 Å². The molecule has 0 aliphatic rings. The quantitative estimate of drug-likeness (QED) is 0.684. The highest BCUT2D eigenvalue weighted by Crippen LogP contribution is 2.28. The number of nitrogens with one attached hydrogen (secondary N) is 1. The van der Waals surface area contributed by atoms with Crippen LogP contribution in [0.5, 0.6) is 0 Å². The van der Waals surface area contributed by atoms with Crippen LogP contribution in [0.3, 0.4) is 0 Å². The van der Waals surface area contributed by atoms with E-state index in [-0.39, 0.29) is 4.21 Å². The van der Waals surface area contributed by atoms with Gasteiger partial charge < -0.3 is 4.52 Å². The van der Waals surface area contributed by atoms with Crippen molar-refractivity contribution >= 4 is 43.0 Å². The molecule has 1 N–H and O–H groups in total. The fourth-order valence-corrected chi connectivity index (χ4v) is 4.45. The first-order chi connectivity index (χ1) is 11.0. The number of aryl methyl sites for hydroxylation is 1. The lowest BCUT2D eigenvalue weighted by Crippen LogP contribution is -2.11. The molecular formula is C14H12BrN3O3S2. The Bertz CT molecular complexity index is 934. The van der Waals surface area contributed by atoms with E-state index in [0.29, 0.717) is 29.4 Å². The minimum absolute atomic E-state index is 0.190. The first-order valence-corrected chi connectivity index (χ1v) is 9.83. The molecule has 120 valence electrons. The first kappa shape index (κ1) is 16.2. The summed E-state index contributed by atoms with van der Waals surface area (Å²) < 4.78 is 33.5. The van der Waals surface area contributed by atoms with Crippen molar-refractivity contribution in [2.45, 2.75) is 17.6 Å². The average Bonchev–Trinajstić information content (AvgIpc) is 3.16. The molecule has 0 bridgehead atoms. The Morgan fingerprint density at radius 2 is 2.17 bits per heavy atom. The zero-order valence-electron chi connectivity index (χ0n) is 12.0. The molecule has 2 heterocycles. The number of hydrogen-bond acceptors (Lipinski definition) is 6. The van der Waals surface area contributed by atoms with Gasteiger partial charge in [-0.25, -0.2) is 8.42 Å². The molecule has 0 fully saturated rings. The second kappa shape index (κ2) is 6.42. The van der Waals surface area contributed by atoms with Crippen LogP contribution in [0.15, 0.2) is 48.9 Å². The number of nitrogens with zero attached hydrogens (tertiary/aromatic N) is 2. The van der Waals surface area contributed by atoms with Gasteiger partial charge in [-0.2, -0.15) is 4.98 Å². The molecule has 0 saturated heterocycles. The Morgan fingerprint density at radius 1 is 1.35 bits per heavy atom. The third-order valence-corrected chi connectivity index (χ3v) is 6.26. The Balaban J connectivity index is 1.86. The highest BCUT2D eigenvalue weighted by atomic mass is 79.9. The molecule has 0 atom stereocenters. The summed E-state index contributed by atoms with van der Waals surface area (Å²) in [6.07, 6.45) is 0.632. The van der Waals surface area contributed by atoms with Gasteiger partial charge in [-0.1, -0.05) is 34.1 Å². The van der Waals surface area contributed by atoms with Crippen LogP contribution in [0, 0.1) is 0 Å². The molecule has 0 spiro atoms. The van der Waals surface area contributed by atoms with Crippen LogP contribution in [-0.2, 0) is 16.4 Å². The number of anilines is 1. The van der Waals surface area contributed by atoms with Gasteiger partial charge in [-0.3, -0.25) is 4.72 Å². The van der Waals surface area contributed by atoms with Crippen LogP contribution < -0.4 is 4.72 Å². The van der Waals surface area contributed by atoms with E-state index < -0.39 is 10.0 Å². The van der Waals surface area contributed by atoms with E-state index in [9.17, 15) is 8.42 Å². The molecule has 23 heavy (non-hydrogen) atoms. The molecule has 0 aliphatic carbocycles. The van der Waals surface area contributed by atoms with Crippen molar-refractivity contribution < 1.29 is 12.9 Å². The standard InChI is InChI=1S/C14H12BrN3O3S2/c1-2-12-16-14(17-21-12)9-6-13(22-8-9)23(19,20)18-11-5-3-4-10(15)7-11/h3-8,18H,2H2,1H3. The largest absolute Gasteiger partial charge is 0.339 e. The minimum atomic E-state index is -3.65. The van der Waals surface area contributed by atoms with E-state index >= 15 is 0 Å². The van der Waals surface area contributed by atoms with Gasteiger partial charge in [0.05, 0.1) is 0 Å². The van der Waals surface area contributed by atoms with Crippen molar-refractivity contribution in [3.05, 3.63) is 46.1 Å². The maximum Gasteiger partial charge on any atom is 0.271 e. The van der Waals surface area contributed by atoms with Crippen molar-refractivity contribution in [3.8, 4) is 11.4 Å². The minimum Gasteiger partial charge on any atom is -0.339 e. The lowest BCUT2D eigenvalue weighted by Gasteiger charge is -2.06. The fraction of sp³-hybridized carbons (Fsp3) is 0.143. The zero-order chi connectivity index (χ0) is 16.4. The SMILES string of the molecule is CCc1nc(-c2csc(S(=O)(=O)Nc3cccc(Br)c3)c2)no1. The van der Waals surface area contributed by atoms with E-state index in [1.807, 2.05) is 13.0 Å². The first-order valence-electron chi connectivity index (χ1n) is 6.68. The second-order valence-electron chi connectivity index (χ2n) is 4.64. The van der Waals surface area contributed by atoms with Crippen molar-refractivity contribution in [2.75, 3.05) is 4.72 Å². The van der Waals surface area contributed by atoms with Gasteiger partial charge in [-0.05, 0) is 24.3 Å². The topological polar surface area (TPSA) is 85.1 Å². The summed E-state index contributed by atoms with van der Waals surface area (Å²) in [6, 6.07) is 8.49. The van der Waals surface area contributed by atoms with Gasteiger partial charge in [0.2, 0.25) is 11.7 Å². The number of sulfonamides is 1. The van der Waals surface area contributed by atoms with E-state index in [1.165, 1.54) is 6.07 Å². The van der Waals surface area contributed by atoms with E-state index in [2.05, 4.69) is 30.8 Å². The molecule has 0 saturated carbocycles. The van der Waals surface area contributed by atoms with Crippen molar-refractivity contribution in [1.29, 1.82) is 0 Å². The van der Waals surface area contributed by atoms with E-state index in [0.717, 1.165) is 15.8 Å². The molecule has 3 rings (SSSR count). The molecule has 6 nitrogen and oxygen atoms in total. The molecule has 3 aromatic rings. The van der Waals surface area contributed by atoms with E-state index in [4.69, 9.17) is 4.52 Å². The smallest absolute Gasteiger partial charge is 0.271 e. The van der Waals surface area contributed by atoms with E-state index in [1.54, 1.807) is 23.6 Å². The number of thiophene rings is 1. The Kier molecular flexibility index (Phi) is 4.51. The van der Waals surface area contributed by atoms with Crippen molar-refractivity contribution in [3.63, 3.8) is 0 Å². The van der Waals surface area contributed by atoms with Crippen LogP contribution in [0.2, 0.25) is 0 Å². The normalized spacial score (nSPS) is 11.6. The molecule has 9 heteroatoms. The predicted octanol–water partition coefficient (Wildman–Crippen LogP) is 3.92. The van der Waals surface area contributed by atoms with Crippen molar-refractivity contribution in [2.24, 2.45) is 0 Å².